The largest absolute Gasteiger partial charge is 0.330 e. The number of imide groups is 1. The Kier molecular flexibility index (Phi) is 4.61. The number of hydrogen-bond donors (Lipinski definition) is 2. The number of hydrogen-bond acceptors (Lipinski definition) is 4. The number of nitrogens with one attached hydrogen (secondary N) is 1. The summed E-state index contributed by atoms with van der Waals surface area (Å²) in [5.74, 6) is 1.61. The zero-order valence-corrected chi connectivity index (χ0v) is 10.6. The minimum absolute atomic E-state index is 0.142. The van der Waals surface area contributed by atoms with E-state index in [0.717, 1.165) is 17.9 Å². The lowest BCUT2D eigenvalue weighted by Crippen LogP contribution is -2.40. The average Bonchev–Trinajstić information content (AvgIpc) is 2.39. The Morgan fingerprint density at radius 3 is 2.56 bits per heavy atom. The molecule has 0 saturated carbocycles. The van der Waals surface area contributed by atoms with Gasteiger partial charge in [-0.2, -0.15) is 11.8 Å². The Bertz CT molecular complexity index is 281. The molecule has 0 atom stereocenters. The number of urea groups is 1. The van der Waals surface area contributed by atoms with Crippen LogP contribution in [0.2, 0.25) is 0 Å². The fourth-order valence-electron chi connectivity index (χ4n) is 1.46. The van der Waals surface area contributed by atoms with Crippen molar-refractivity contribution >= 4 is 23.7 Å². The van der Waals surface area contributed by atoms with E-state index in [1.165, 1.54) is 4.90 Å². The van der Waals surface area contributed by atoms with Crippen LogP contribution in [0, 0.1) is 0 Å². The number of amides is 3. The van der Waals surface area contributed by atoms with Crippen LogP contribution >= 0.6 is 11.8 Å². The maximum absolute atomic E-state index is 11.8. The van der Waals surface area contributed by atoms with Crippen molar-refractivity contribution in [1.82, 2.24) is 10.2 Å². The van der Waals surface area contributed by atoms with Gasteiger partial charge in [0.15, 0.2) is 0 Å². The van der Waals surface area contributed by atoms with Gasteiger partial charge in [-0.15, -0.1) is 0 Å². The van der Waals surface area contributed by atoms with Crippen LogP contribution in [-0.2, 0) is 4.79 Å². The second-order valence-electron chi connectivity index (χ2n) is 4.27. The molecule has 0 aliphatic carbocycles. The standard InChI is InChI=1S/C10H19N3O2S/c1-10(2)8(14)13(9(15)12-10)5-7-16-6-3-4-11/h3-7,11H2,1-2H3,(H,12,15). The topological polar surface area (TPSA) is 75.4 Å². The highest BCUT2D eigenvalue weighted by molar-refractivity contribution is 7.99. The first-order valence-electron chi connectivity index (χ1n) is 5.41. The lowest BCUT2D eigenvalue weighted by Gasteiger charge is -2.15. The monoisotopic (exact) mass is 245 g/mol. The third-order valence-electron chi connectivity index (χ3n) is 2.40. The van der Waals surface area contributed by atoms with Crippen molar-refractivity contribution in [2.24, 2.45) is 5.73 Å². The van der Waals surface area contributed by atoms with Gasteiger partial charge in [-0.25, -0.2) is 4.79 Å². The minimum Gasteiger partial charge on any atom is -0.330 e. The lowest BCUT2D eigenvalue weighted by atomic mass is 10.1. The van der Waals surface area contributed by atoms with Crippen LogP contribution in [0.15, 0.2) is 0 Å². The average molecular weight is 245 g/mol. The van der Waals surface area contributed by atoms with E-state index in [0.29, 0.717) is 13.1 Å². The van der Waals surface area contributed by atoms with E-state index in [2.05, 4.69) is 5.32 Å². The van der Waals surface area contributed by atoms with Gasteiger partial charge < -0.3 is 11.1 Å². The molecule has 0 bridgehead atoms. The fraction of sp³-hybridized carbons (Fsp3) is 0.800. The summed E-state index contributed by atoms with van der Waals surface area (Å²) in [5, 5.41) is 2.65. The maximum Gasteiger partial charge on any atom is 0.325 e. The summed E-state index contributed by atoms with van der Waals surface area (Å²) in [6.45, 7) is 4.59. The molecule has 6 heteroatoms. The lowest BCUT2D eigenvalue weighted by molar-refractivity contribution is -0.130. The first kappa shape index (κ1) is 13.3. The smallest absolute Gasteiger partial charge is 0.325 e. The van der Waals surface area contributed by atoms with Crippen molar-refractivity contribution in [2.75, 3.05) is 24.6 Å². The zero-order valence-electron chi connectivity index (χ0n) is 9.78. The molecule has 0 radical (unpaired) electrons. The molecule has 1 rings (SSSR count). The quantitative estimate of drug-likeness (QED) is 0.524. The van der Waals surface area contributed by atoms with E-state index < -0.39 is 5.54 Å². The SMILES string of the molecule is CC1(C)NC(=O)N(CCSCCCN)C1=O. The van der Waals surface area contributed by atoms with E-state index in [1.54, 1.807) is 25.6 Å². The molecule has 92 valence electrons. The Hall–Kier alpha value is -0.750. The Labute approximate surface area is 100 Å². The molecule has 0 aromatic carbocycles. The molecule has 5 nitrogen and oxygen atoms in total. The third kappa shape index (κ3) is 3.12. The molecule has 1 saturated heterocycles. The normalized spacial score (nSPS) is 19.1. The third-order valence-corrected chi connectivity index (χ3v) is 3.45. The highest BCUT2D eigenvalue weighted by Crippen LogP contribution is 2.17. The van der Waals surface area contributed by atoms with Crippen LogP contribution in [0.1, 0.15) is 20.3 Å². The highest BCUT2D eigenvalue weighted by atomic mass is 32.2. The van der Waals surface area contributed by atoms with Gasteiger partial charge in [0, 0.05) is 12.3 Å². The van der Waals surface area contributed by atoms with Crippen molar-refractivity contribution in [3.63, 3.8) is 0 Å². The second-order valence-corrected chi connectivity index (χ2v) is 5.49. The van der Waals surface area contributed by atoms with Gasteiger partial charge in [-0.1, -0.05) is 0 Å². The molecule has 16 heavy (non-hydrogen) atoms. The number of carbonyl (C=O) groups excluding carboxylic acids is 2. The number of carbonyl (C=O) groups is 2. The van der Waals surface area contributed by atoms with Gasteiger partial charge in [0.1, 0.15) is 5.54 Å². The van der Waals surface area contributed by atoms with E-state index in [-0.39, 0.29) is 11.9 Å². The van der Waals surface area contributed by atoms with E-state index in [4.69, 9.17) is 5.73 Å². The molecule has 0 spiro atoms. The summed E-state index contributed by atoms with van der Waals surface area (Å²) in [5.41, 5.74) is 4.62. The Morgan fingerprint density at radius 1 is 1.38 bits per heavy atom. The molecule has 1 fully saturated rings. The summed E-state index contributed by atoms with van der Waals surface area (Å²) in [6, 6.07) is -0.283. The van der Waals surface area contributed by atoms with Crippen LogP contribution < -0.4 is 11.1 Å². The van der Waals surface area contributed by atoms with Crippen LogP contribution in [0.3, 0.4) is 0 Å². The van der Waals surface area contributed by atoms with Gasteiger partial charge in [-0.3, -0.25) is 9.69 Å². The van der Waals surface area contributed by atoms with E-state index >= 15 is 0 Å². The van der Waals surface area contributed by atoms with Crippen LogP contribution in [0.5, 0.6) is 0 Å². The summed E-state index contributed by atoms with van der Waals surface area (Å²) < 4.78 is 0. The number of nitrogens with zero attached hydrogens (tertiary/aromatic N) is 1. The van der Waals surface area contributed by atoms with Gasteiger partial charge in [0.2, 0.25) is 0 Å². The molecule has 1 aliphatic heterocycles. The van der Waals surface area contributed by atoms with Crippen molar-refractivity contribution in [3.8, 4) is 0 Å². The molecule has 0 aromatic rings. The molecule has 3 amide bonds. The highest BCUT2D eigenvalue weighted by Gasteiger charge is 2.43. The van der Waals surface area contributed by atoms with E-state index in [1.807, 2.05) is 0 Å². The summed E-state index contributed by atoms with van der Waals surface area (Å²) in [7, 11) is 0. The first-order chi connectivity index (χ1) is 7.49. The molecule has 0 aromatic heterocycles. The number of rotatable bonds is 6. The van der Waals surface area contributed by atoms with Gasteiger partial charge in [0.05, 0.1) is 0 Å². The predicted octanol–water partition coefficient (Wildman–Crippen LogP) is 0.399. The van der Waals surface area contributed by atoms with Crippen LogP contribution in [0.25, 0.3) is 0 Å². The van der Waals surface area contributed by atoms with Crippen LogP contribution in [-0.4, -0.2) is 47.0 Å². The molecule has 3 N–H and O–H groups in total. The first-order valence-corrected chi connectivity index (χ1v) is 6.56. The fourth-order valence-corrected chi connectivity index (χ4v) is 2.35. The molecular weight excluding hydrogens is 226 g/mol. The van der Waals surface area contributed by atoms with Crippen LogP contribution in [0.4, 0.5) is 4.79 Å². The zero-order chi connectivity index (χ0) is 12.2. The van der Waals surface area contributed by atoms with Crippen molar-refractivity contribution < 1.29 is 9.59 Å². The molecule has 0 unspecified atom stereocenters. The van der Waals surface area contributed by atoms with E-state index in [9.17, 15) is 9.59 Å². The predicted molar refractivity (Wildman–Crippen MR) is 65.3 cm³/mol. The summed E-state index contributed by atoms with van der Waals surface area (Å²) in [4.78, 5) is 24.5. The van der Waals surface area contributed by atoms with Crippen molar-refractivity contribution in [1.29, 1.82) is 0 Å². The second kappa shape index (κ2) is 5.54. The minimum atomic E-state index is -0.751. The van der Waals surface area contributed by atoms with Gasteiger partial charge in [0.25, 0.3) is 5.91 Å². The van der Waals surface area contributed by atoms with Crippen molar-refractivity contribution in [3.05, 3.63) is 0 Å². The molecular formula is C10H19N3O2S. The number of thioether (sulfide) groups is 1. The Balaban J connectivity index is 2.32. The summed E-state index contributed by atoms with van der Waals surface area (Å²) in [6.07, 6.45) is 0.969. The maximum atomic E-state index is 11.8. The molecule has 1 aliphatic rings. The number of nitrogens with two attached hydrogens (primary N) is 1. The van der Waals surface area contributed by atoms with Gasteiger partial charge >= 0.3 is 6.03 Å². The molecule has 1 heterocycles. The van der Waals surface area contributed by atoms with Crippen molar-refractivity contribution in [2.45, 2.75) is 25.8 Å². The van der Waals surface area contributed by atoms with Gasteiger partial charge in [-0.05, 0) is 32.6 Å². The summed E-state index contributed by atoms with van der Waals surface area (Å²) >= 11 is 1.72. The Morgan fingerprint density at radius 2 is 2.06 bits per heavy atom.